The minimum absolute atomic E-state index is 0.0886. The number of carboxylic acid groups (broad SMARTS) is 1. The minimum Gasteiger partial charge on any atom is -0.481 e. The lowest BCUT2D eigenvalue weighted by Gasteiger charge is -2.04. The molecule has 1 atom stereocenters. The van der Waals surface area contributed by atoms with Crippen molar-refractivity contribution < 1.29 is 9.90 Å². The van der Waals surface area contributed by atoms with Crippen molar-refractivity contribution in [1.29, 1.82) is 0 Å². The van der Waals surface area contributed by atoms with Gasteiger partial charge in [0.2, 0.25) is 0 Å². The molecule has 0 saturated heterocycles. The minimum atomic E-state index is -0.804. The van der Waals surface area contributed by atoms with E-state index in [9.17, 15) is 4.79 Å². The predicted molar refractivity (Wildman–Crippen MR) is 46.0 cm³/mol. The van der Waals surface area contributed by atoms with E-state index in [2.05, 4.69) is 6.92 Å². The molecule has 0 heterocycles. The third-order valence-corrected chi connectivity index (χ3v) is 1.89. The third-order valence-electron chi connectivity index (χ3n) is 1.52. The fourth-order valence-corrected chi connectivity index (χ4v) is 1.19. The van der Waals surface area contributed by atoms with Crippen LogP contribution in [0, 0.1) is 0 Å². The number of aliphatic carboxylic acids is 1. The van der Waals surface area contributed by atoms with Crippen LogP contribution in [-0.2, 0) is 4.79 Å². The van der Waals surface area contributed by atoms with E-state index in [4.69, 9.17) is 16.7 Å². The Kier molecular flexibility index (Phi) is 6.33. The van der Waals surface area contributed by atoms with Crippen LogP contribution < -0.4 is 0 Å². The van der Waals surface area contributed by atoms with Gasteiger partial charge in [0.15, 0.2) is 0 Å². The highest BCUT2D eigenvalue weighted by molar-refractivity contribution is 6.21. The van der Waals surface area contributed by atoms with E-state index in [0.717, 1.165) is 25.7 Å². The lowest BCUT2D eigenvalue weighted by Crippen LogP contribution is -2.06. The first-order valence-electron chi connectivity index (χ1n) is 4.02. The highest BCUT2D eigenvalue weighted by atomic mass is 35.5. The molecule has 2 nitrogen and oxygen atoms in total. The Bertz CT molecular complexity index is 115. The molecule has 0 aromatic heterocycles. The van der Waals surface area contributed by atoms with Crippen LogP contribution in [0.25, 0.3) is 0 Å². The molecule has 0 aliphatic heterocycles. The number of alkyl halides is 1. The zero-order valence-corrected chi connectivity index (χ0v) is 7.60. The summed E-state index contributed by atoms with van der Waals surface area (Å²) in [7, 11) is 0. The van der Waals surface area contributed by atoms with Gasteiger partial charge in [-0.25, -0.2) is 0 Å². The summed E-state index contributed by atoms with van der Waals surface area (Å²) in [6.45, 7) is 2.11. The molecule has 0 fully saturated rings. The van der Waals surface area contributed by atoms with E-state index in [1.54, 1.807) is 0 Å². The van der Waals surface area contributed by atoms with Crippen LogP contribution in [0.2, 0.25) is 0 Å². The molecule has 0 aliphatic rings. The SMILES string of the molecule is CCCCC[C@H](Cl)CC(=O)O. The average Bonchev–Trinajstić information content (AvgIpc) is 1.86. The largest absolute Gasteiger partial charge is 0.481 e. The maximum absolute atomic E-state index is 10.2. The number of hydrogen-bond donors (Lipinski definition) is 1. The summed E-state index contributed by atoms with van der Waals surface area (Å²) in [6, 6.07) is 0. The molecule has 0 radical (unpaired) electrons. The Morgan fingerprint density at radius 1 is 1.55 bits per heavy atom. The van der Waals surface area contributed by atoms with Crippen LogP contribution in [0.1, 0.15) is 39.0 Å². The van der Waals surface area contributed by atoms with Crippen molar-refractivity contribution in [2.24, 2.45) is 0 Å². The van der Waals surface area contributed by atoms with Crippen LogP contribution in [0.5, 0.6) is 0 Å². The molecular weight excluding hydrogens is 164 g/mol. The zero-order valence-electron chi connectivity index (χ0n) is 6.85. The molecule has 0 rings (SSSR count). The van der Waals surface area contributed by atoms with Crippen molar-refractivity contribution in [3.05, 3.63) is 0 Å². The van der Waals surface area contributed by atoms with Crippen molar-refractivity contribution in [3.8, 4) is 0 Å². The van der Waals surface area contributed by atoms with Gasteiger partial charge in [-0.15, -0.1) is 11.6 Å². The summed E-state index contributed by atoms with van der Waals surface area (Å²) >= 11 is 5.73. The van der Waals surface area contributed by atoms with E-state index >= 15 is 0 Å². The maximum atomic E-state index is 10.2. The van der Waals surface area contributed by atoms with Crippen molar-refractivity contribution in [3.63, 3.8) is 0 Å². The molecule has 0 saturated carbocycles. The summed E-state index contributed by atoms with van der Waals surface area (Å²) in [4.78, 5) is 10.2. The van der Waals surface area contributed by atoms with Crippen LogP contribution in [0.3, 0.4) is 0 Å². The number of rotatable bonds is 6. The van der Waals surface area contributed by atoms with Crippen molar-refractivity contribution in [1.82, 2.24) is 0 Å². The first kappa shape index (κ1) is 10.8. The molecule has 1 N–H and O–H groups in total. The number of hydrogen-bond acceptors (Lipinski definition) is 1. The lowest BCUT2D eigenvalue weighted by atomic mass is 10.1. The van der Waals surface area contributed by atoms with Gasteiger partial charge >= 0.3 is 5.97 Å². The highest BCUT2D eigenvalue weighted by Crippen LogP contribution is 2.12. The molecule has 66 valence electrons. The normalized spacial score (nSPS) is 12.9. The van der Waals surface area contributed by atoms with Gasteiger partial charge in [-0.1, -0.05) is 26.2 Å². The van der Waals surface area contributed by atoms with Crippen molar-refractivity contribution in [2.75, 3.05) is 0 Å². The first-order chi connectivity index (χ1) is 5.16. The molecule has 11 heavy (non-hydrogen) atoms. The third kappa shape index (κ3) is 7.66. The van der Waals surface area contributed by atoms with Gasteiger partial charge in [-0.3, -0.25) is 4.79 Å². The summed E-state index contributed by atoms with van der Waals surface area (Å²) in [6.07, 6.45) is 4.24. The Labute approximate surface area is 72.6 Å². The van der Waals surface area contributed by atoms with Gasteiger partial charge in [0.05, 0.1) is 6.42 Å². The van der Waals surface area contributed by atoms with Crippen LogP contribution in [-0.4, -0.2) is 16.5 Å². The second kappa shape index (κ2) is 6.47. The van der Waals surface area contributed by atoms with E-state index in [1.807, 2.05) is 0 Å². The number of unbranched alkanes of at least 4 members (excludes halogenated alkanes) is 2. The molecule has 0 aromatic rings. The van der Waals surface area contributed by atoms with Gasteiger partial charge in [0, 0.05) is 5.38 Å². The molecule has 0 spiro atoms. The molecule has 3 heteroatoms. The lowest BCUT2D eigenvalue weighted by molar-refractivity contribution is -0.137. The number of carbonyl (C=O) groups is 1. The molecule has 0 aromatic carbocycles. The quantitative estimate of drug-likeness (QED) is 0.502. The molecule has 0 unspecified atom stereocenters. The van der Waals surface area contributed by atoms with Gasteiger partial charge in [-0.05, 0) is 6.42 Å². The fraction of sp³-hybridized carbons (Fsp3) is 0.875. The van der Waals surface area contributed by atoms with Gasteiger partial charge in [-0.2, -0.15) is 0 Å². The fourth-order valence-electron chi connectivity index (χ4n) is 0.907. The Balaban J connectivity index is 3.22. The van der Waals surface area contributed by atoms with Crippen LogP contribution in [0.4, 0.5) is 0 Å². The number of halogens is 1. The molecule has 0 bridgehead atoms. The summed E-state index contributed by atoms with van der Waals surface area (Å²) in [5.41, 5.74) is 0. The molecule has 0 aliphatic carbocycles. The average molecular weight is 179 g/mol. The van der Waals surface area contributed by atoms with E-state index in [-0.39, 0.29) is 11.8 Å². The highest BCUT2D eigenvalue weighted by Gasteiger charge is 2.08. The van der Waals surface area contributed by atoms with Gasteiger partial charge < -0.3 is 5.11 Å². The van der Waals surface area contributed by atoms with E-state index in [1.165, 1.54) is 0 Å². The zero-order chi connectivity index (χ0) is 8.69. The van der Waals surface area contributed by atoms with E-state index < -0.39 is 5.97 Å². The van der Waals surface area contributed by atoms with Crippen LogP contribution >= 0.6 is 11.6 Å². The second-order valence-electron chi connectivity index (χ2n) is 2.69. The van der Waals surface area contributed by atoms with Gasteiger partial charge in [0.25, 0.3) is 0 Å². The smallest absolute Gasteiger partial charge is 0.304 e. The van der Waals surface area contributed by atoms with Gasteiger partial charge in [0.1, 0.15) is 0 Å². The Morgan fingerprint density at radius 3 is 2.64 bits per heavy atom. The Morgan fingerprint density at radius 2 is 2.18 bits per heavy atom. The second-order valence-corrected chi connectivity index (χ2v) is 3.31. The van der Waals surface area contributed by atoms with Crippen molar-refractivity contribution in [2.45, 2.75) is 44.4 Å². The summed E-state index contributed by atoms with van der Waals surface area (Å²) in [5.74, 6) is -0.804. The maximum Gasteiger partial charge on any atom is 0.304 e. The standard InChI is InChI=1S/C8H15ClO2/c1-2-3-4-5-7(9)6-8(10)11/h7H,2-6H2,1H3,(H,10,11)/t7-/m0/s1. The first-order valence-corrected chi connectivity index (χ1v) is 4.46. The van der Waals surface area contributed by atoms with Crippen LogP contribution in [0.15, 0.2) is 0 Å². The predicted octanol–water partition coefficient (Wildman–Crippen LogP) is 2.65. The summed E-state index contributed by atoms with van der Waals surface area (Å²) < 4.78 is 0. The molecule has 0 amide bonds. The monoisotopic (exact) mass is 178 g/mol. The summed E-state index contributed by atoms with van der Waals surface area (Å²) in [5, 5.41) is 8.17. The van der Waals surface area contributed by atoms with Crippen molar-refractivity contribution >= 4 is 17.6 Å². The number of carboxylic acids is 1. The van der Waals surface area contributed by atoms with E-state index in [0.29, 0.717) is 0 Å². The Hall–Kier alpha value is -0.240. The molecular formula is C8H15ClO2. The topological polar surface area (TPSA) is 37.3 Å².